The lowest BCUT2D eigenvalue weighted by atomic mass is 9.83. The second-order valence-electron chi connectivity index (χ2n) is 11.3. The zero-order valence-electron chi connectivity index (χ0n) is 22.3. The van der Waals surface area contributed by atoms with Gasteiger partial charge in [0.05, 0.1) is 25.0 Å². The molecule has 0 bridgehead atoms. The van der Waals surface area contributed by atoms with Gasteiger partial charge in [-0.1, -0.05) is 105 Å². The highest BCUT2D eigenvalue weighted by atomic mass is 16.5. The van der Waals surface area contributed by atoms with Crippen LogP contribution in [-0.4, -0.2) is 25.2 Å². The Bertz CT molecular complexity index is 560. The van der Waals surface area contributed by atoms with Gasteiger partial charge in [-0.2, -0.15) is 0 Å². The van der Waals surface area contributed by atoms with Crippen LogP contribution in [0.15, 0.2) is 12.2 Å². The minimum atomic E-state index is -0.503. The topological polar surface area (TPSA) is 52.6 Å². The van der Waals surface area contributed by atoms with E-state index in [2.05, 4.69) is 34.6 Å². The van der Waals surface area contributed by atoms with Gasteiger partial charge in [-0.15, -0.1) is 0 Å². The van der Waals surface area contributed by atoms with Gasteiger partial charge < -0.3 is 9.47 Å². The fourth-order valence-corrected chi connectivity index (χ4v) is 4.81. The van der Waals surface area contributed by atoms with Gasteiger partial charge in [-0.25, -0.2) is 0 Å². The first-order chi connectivity index (χ1) is 15.7. The highest BCUT2D eigenvalue weighted by Gasteiger charge is 2.35. The smallest absolute Gasteiger partial charge is 0.313 e. The van der Waals surface area contributed by atoms with Gasteiger partial charge in [-0.05, 0) is 43.4 Å². The Morgan fingerprint density at radius 1 is 0.879 bits per heavy atom. The number of ether oxygens (including phenoxy) is 2. The first-order valence-electron chi connectivity index (χ1n) is 13.7. The van der Waals surface area contributed by atoms with E-state index in [0.29, 0.717) is 25.6 Å². The van der Waals surface area contributed by atoms with Crippen LogP contribution in [0.4, 0.5) is 0 Å². The summed E-state index contributed by atoms with van der Waals surface area (Å²) in [6.07, 6.45) is 19.8. The van der Waals surface area contributed by atoms with E-state index in [9.17, 15) is 9.59 Å². The summed E-state index contributed by atoms with van der Waals surface area (Å²) in [5, 5.41) is 0. The third kappa shape index (κ3) is 14.5. The lowest BCUT2D eigenvalue weighted by Gasteiger charge is -2.25. The van der Waals surface area contributed by atoms with Crippen molar-refractivity contribution in [2.45, 2.75) is 125 Å². The monoisotopic (exact) mass is 464 g/mol. The van der Waals surface area contributed by atoms with Gasteiger partial charge in [0.1, 0.15) is 0 Å². The summed E-state index contributed by atoms with van der Waals surface area (Å²) in [5.41, 5.74) is 0.276. The standard InChI is InChI=1S/C29H52O4/c1-6-7-8-9-10-11-12-13-14-17-21-32-27(30)25-18-15-16-19-26(25)28(31)33-22-20-24(2)23-29(3,4)5/h16,19,24-26H,6-15,17-18,20-23H2,1-5H3. The van der Waals surface area contributed by atoms with Crippen molar-refractivity contribution in [2.75, 3.05) is 13.2 Å². The van der Waals surface area contributed by atoms with Gasteiger partial charge in [-0.3, -0.25) is 9.59 Å². The Kier molecular flexibility index (Phi) is 15.5. The zero-order valence-corrected chi connectivity index (χ0v) is 22.3. The molecule has 4 heteroatoms. The maximum atomic E-state index is 12.7. The van der Waals surface area contributed by atoms with E-state index in [4.69, 9.17) is 9.47 Å². The van der Waals surface area contributed by atoms with Crippen molar-refractivity contribution < 1.29 is 19.1 Å². The molecule has 3 unspecified atom stereocenters. The lowest BCUT2D eigenvalue weighted by molar-refractivity contribution is -0.159. The molecule has 0 N–H and O–H groups in total. The van der Waals surface area contributed by atoms with Crippen LogP contribution in [0.5, 0.6) is 0 Å². The molecule has 0 radical (unpaired) electrons. The summed E-state index contributed by atoms with van der Waals surface area (Å²) < 4.78 is 11.1. The van der Waals surface area contributed by atoms with E-state index >= 15 is 0 Å². The van der Waals surface area contributed by atoms with Crippen molar-refractivity contribution in [2.24, 2.45) is 23.2 Å². The molecular formula is C29H52O4. The number of rotatable bonds is 17. The number of carbonyl (C=O) groups is 2. The Morgan fingerprint density at radius 2 is 1.45 bits per heavy atom. The molecule has 1 aliphatic carbocycles. The lowest BCUT2D eigenvalue weighted by Crippen LogP contribution is -2.33. The van der Waals surface area contributed by atoms with Gasteiger partial charge in [0, 0.05) is 0 Å². The van der Waals surface area contributed by atoms with Crippen LogP contribution in [0.3, 0.4) is 0 Å². The molecular weight excluding hydrogens is 412 g/mol. The third-order valence-electron chi connectivity index (χ3n) is 6.55. The average molecular weight is 465 g/mol. The maximum absolute atomic E-state index is 12.7. The molecule has 0 heterocycles. The predicted octanol–water partition coefficient (Wildman–Crippen LogP) is 8.04. The number of hydrogen-bond acceptors (Lipinski definition) is 4. The van der Waals surface area contributed by atoms with Crippen LogP contribution in [0.25, 0.3) is 0 Å². The molecule has 1 rings (SSSR count). The Morgan fingerprint density at radius 3 is 2.06 bits per heavy atom. The normalized spacial score (nSPS) is 19.3. The summed E-state index contributed by atoms with van der Waals surface area (Å²) in [5.74, 6) is -0.927. The second kappa shape index (κ2) is 17.2. The molecule has 0 aromatic heterocycles. The van der Waals surface area contributed by atoms with E-state index in [0.717, 1.165) is 32.1 Å². The van der Waals surface area contributed by atoms with Crippen LogP contribution >= 0.6 is 0 Å². The van der Waals surface area contributed by atoms with Crippen molar-refractivity contribution in [3.05, 3.63) is 12.2 Å². The fraction of sp³-hybridized carbons (Fsp3) is 0.862. The molecule has 1 aliphatic rings. The number of allylic oxidation sites excluding steroid dienone is 1. The van der Waals surface area contributed by atoms with Gasteiger partial charge in [0.2, 0.25) is 0 Å². The molecule has 0 aromatic rings. The van der Waals surface area contributed by atoms with Crippen LogP contribution < -0.4 is 0 Å². The maximum Gasteiger partial charge on any atom is 0.313 e. The molecule has 0 saturated heterocycles. The van der Waals surface area contributed by atoms with Gasteiger partial charge in [0.25, 0.3) is 0 Å². The summed E-state index contributed by atoms with van der Waals surface area (Å²) in [6, 6.07) is 0. The minimum Gasteiger partial charge on any atom is -0.465 e. The third-order valence-corrected chi connectivity index (χ3v) is 6.55. The van der Waals surface area contributed by atoms with Crippen molar-refractivity contribution in [3.63, 3.8) is 0 Å². The van der Waals surface area contributed by atoms with Gasteiger partial charge >= 0.3 is 11.9 Å². The Hall–Kier alpha value is -1.32. The van der Waals surface area contributed by atoms with E-state index in [1.807, 2.05) is 12.2 Å². The van der Waals surface area contributed by atoms with Gasteiger partial charge in [0.15, 0.2) is 0 Å². The molecule has 192 valence electrons. The summed E-state index contributed by atoms with van der Waals surface area (Å²) >= 11 is 0. The second-order valence-corrected chi connectivity index (χ2v) is 11.3. The molecule has 4 nitrogen and oxygen atoms in total. The van der Waals surface area contributed by atoms with Crippen LogP contribution in [-0.2, 0) is 19.1 Å². The molecule has 0 aliphatic heterocycles. The first kappa shape index (κ1) is 29.7. The highest BCUT2D eigenvalue weighted by molar-refractivity contribution is 5.83. The number of carbonyl (C=O) groups excluding carboxylic acids is 2. The molecule has 0 spiro atoms. The fourth-order valence-electron chi connectivity index (χ4n) is 4.81. The molecule has 3 atom stereocenters. The summed E-state index contributed by atoms with van der Waals surface area (Å²) in [7, 11) is 0. The highest BCUT2D eigenvalue weighted by Crippen LogP contribution is 2.29. The number of hydrogen-bond donors (Lipinski definition) is 0. The number of esters is 2. The number of unbranched alkanes of at least 4 members (excludes halogenated alkanes) is 9. The largest absolute Gasteiger partial charge is 0.465 e. The van der Waals surface area contributed by atoms with E-state index in [1.165, 1.54) is 51.4 Å². The predicted molar refractivity (Wildman–Crippen MR) is 137 cm³/mol. The Balaban J connectivity index is 2.23. The van der Waals surface area contributed by atoms with Crippen molar-refractivity contribution in [3.8, 4) is 0 Å². The van der Waals surface area contributed by atoms with E-state index < -0.39 is 11.8 Å². The molecule has 0 aromatic carbocycles. The van der Waals surface area contributed by atoms with Crippen molar-refractivity contribution in [1.82, 2.24) is 0 Å². The molecule has 0 saturated carbocycles. The minimum absolute atomic E-state index is 0.238. The Labute approximate surface area is 204 Å². The van der Waals surface area contributed by atoms with Crippen LogP contribution in [0.2, 0.25) is 0 Å². The van der Waals surface area contributed by atoms with Crippen LogP contribution in [0, 0.1) is 23.2 Å². The molecule has 0 fully saturated rings. The zero-order chi connectivity index (χ0) is 24.5. The SMILES string of the molecule is CCCCCCCCCCCCOC(=O)C1CCC=CC1C(=O)OCCC(C)CC(C)(C)C. The summed E-state index contributed by atoms with van der Waals surface area (Å²) in [6.45, 7) is 12.0. The summed E-state index contributed by atoms with van der Waals surface area (Å²) in [4.78, 5) is 25.3. The van der Waals surface area contributed by atoms with Crippen molar-refractivity contribution in [1.29, 1.82) is 0 Å². The van der Waals surface area contributed by atoms with E-state index in [1.54, 1.807) is 0 Å². The quantitative estimate of drug-likeness (QED) is 0.124. The first-order valence-corrected chi connectivity index (χ1v) is 13.7. The average Bonchev–Trinajstić information content (AvgIpc) is 2.76. The molecule has 0 amide bonds. The van der Waals surface area contributed by atoms with Crippen LogP contribution in [0.1, 0.15) is 125 Å². The molecule has 33 heavy (non-hydrogen) atoms. The van der Waals surface area contributed by atoms with Crippen molar-refractivity contribution >= 4 is 11.9 Å². The van der Waals surface area contributed by atoms with E-state index in [-0.39, 0.29) is 17.4 Å².